The lowest BCUT2D eigenvalue weighted by Crippen LogP contribution is -2.33. The summed E-state index contributed by atoms with van der Waals surface area (Å²) in [4.78, 5) is 19.3. The Morgan fingerprint density at radius 1 is 1.03 bits per heavy atom. The highest BCUT2D eigenvalue weighted by Gasteiger charge is 2.47. The van der Waals surface area contributed by atoms with Crippen LogP contribution in [0.1, 0.15) is 37.1 Å². The molecular formula is C22H26N6O2S. The second-order valence-electron chi connectivity index (χ2n) is 8.43. The maximum Gasteiger partial charge on any atom is 0.217 e. The van der Waals surface area contributed by atoms with Crippen LogP contribution in [0.3, 0.4) is 0 Å². The number of likely N-dealkylation sites (tertiary alicyclic amines) is 1. The molecule has 0 radical (unpaired) electrons. The van der Waals surface area contributed by atoms with Gasteiger partial charge in [0.1, 0.15) is 6.33 Å². The maximum absolute atomic E-state index is 13.2. The topological polar surface area (TPSA) is 92.2 Å². The Morgan fingerprint density at radius 2 is 1.84 bits per heavy atom. The number of fused-ring (bicyclic) bond motifs is 2. The van der Waals surface area contributed by atoms with E-state index in [9.17, 15) is 8.42 Å². The number of hydrogen-bond donors (Lipinski definition) is 0. The molecule has 3 atom stereocenters. The monoisotopic (exact) mass is 438 g/mol. The molecule has 2 aliphatic heterocycles. The molecule has 31 heavy (non-hydrogen) atoms. The van der Waals surface area contributed by atoms with Crippen molar-refractivity contribution in [2.45, 2.75) is 37.6 Å². The number of rotatable bonds is 4. The van der Waals surface area contributed by atoms with Gasteiger partial charge in [-0.1, -0.05) is 6.07 Å². The molecule has 3 unspecified atom stereocenters. The summed E-state index contributed by atoms with van der Waals surface area (Å²) in [5.41, 5.74) is 3.71. The quantitative estimate of drug-likeness (QED) is 0.618. The highest BCUT2D eigenvalue weighted by molar-refractivity contribution is 7.90. The SMILES string of the molecule is CC(c1ccc2nccnc2c1)N1CCC2CN(Cc3ccncn3)S(=O)(=O)C2CC1. The zero-order chi connectivity index (χ0) is 21.4. The van der Waals surface area contributed by atoms with Crippen molar-refractivity contribution >= 4 is 21.1 Å². The molecule has 2 aromatic heterocycles. The first-order valence-electron chi connectivity index (χ1n) is 10.7. The molecule has 0 N–H and O–H groups in total. The minimum Gasteiger partial charge on any atom is -0.297 e. The normalized spacial score (nSPS) is 25.2. The third kappa shape index (κ3) is 3.93. The third-order valence-electron chi connectivity index (χ3n) is 6.70. The van der Waals surface area contributed by atoms with Gasteiger partial charge >= 0.3 is 0 Å². The molecule has 5 rings (SSSR count). The first kappa shape index (κ1) is 20.4. The van der Waals surface area contributed by atoms with Gasteiger partial charge in [-0.2, -0.15) is 4.31 Å². The predicted octanol–water partition coefficient (Wildman–Crippen LogP) is 2.41. The Bertz CT molecular complexity index is 1170. The number of hydrogen-bond acceptors (Lipinski definition) is 7. The summed E-state index contributed by atoms with van der Waals surface area (Å²) in [6.07, 6.45) is 8.07. The van der Waals surface area contributed by atoms with E-state index in [1.807, 2.05) is 6.07 Å². The van der Waals surface area contributed by atoms with Crippen molar-refractivity contribution in [1.82, 2.24) is 29.1 Å². The van der Waals surface area contributed by atoms with Crippen molar-refractivity contribution in [2.75, 3.05) is 19.6 Å². The van der Waals surface area contributed by atoms with Gasteiger partial charge in [0.25, 0.3) is 0 Å². The number of aromatic nitrogens is 4. The Balaban J connectivity index is 1.30. The summed E-state index contributed by atoms with van der Waals surface area (Å²) in [7, 11) is -3.32. The molecule has 1 aromatic carbocycles. The van der Waals surface area contributed by atoms with Gasteiger partial charge in [0.05, 0.1) is 28.5 Å². The van der Waals surface area contributed by atoms with E-state index in [2.05, 4.69) is 43.9 Å². The van der Waals surface area contributed by atoms with Crippen LogP contribution in [0.5, 0.6) is 0 Å². The van der Waals surface area contributed by atoms with Crippen molar-refractivity contribution in [3.8, 4) is 0 Å². The van der Waals surface area contributed by atoms with Gasteiger partial charge in [-0.3, -0.25) is 14.9 Å². The highest BCUT2D eigenvalue weighted by atomic mass is 32.2. The molecular weight excluding hydrogens is 412 g/mol. The smallest absolute Gasteiger partial charge is 0.217 e. The lowest BCUT2D eigenvalue weighted by Gasteiger charge is -2.28. The van der Waals surface area contributed by atoms with E-state index in [0.717, 1.165) is 36.2 Å². The van der Waals surface area contributed by atoms with E-state index < -0.39 is 10.0 Å². The van der Waals surface area contributed by atoms with Gasteiger partial charge in [-0.05, 0) is 56.0 Å². The minimum absolute atomic E-state index is 0.159. The van der Waals surface area contributed by atoms with E-state index in [1.54, 1.807) is 29.0 Å². The molecule has 0 amide bonds. The number of sulfonamides is 1. The maximum atomic E-state index is 13.2. The fourth-order valence-electron chi connectivity index (χ4n) is 4.90. The first-order chi connectivity index (χ1) is 15.0. The van der Waals surface area contributed by atoms with E-state index in [4.69, 9.17) is 0 Å². The Kier molecular flexibility index (Phi) is 5.41. The van der Waals surface area contributed by atoms with E-state index >= 15 is 0 Å². The first-order valence-corrected chi connectivity index (χ1v) is 12.2. The Labute approximate surface area is 182 Å². The van der Waals surface area contributed by atoms with Gasteiger partial charge in [0.2, 0.25) is 10.0 Å². The van der Waals surface area contributed by atoms with Crippen LogP contribution < -0.4 is 0 Å². The van der Waals surface area contributed by atoms with Crippen LogP contribution in [0.25, 0.3) is 11.0 Å². The lowest BCUT2D eigenvalue weighted by molar-refractivity contribution is 0.213. The van der Waals surface area contributed by atoms with Crippen LogP contribution >= 0.6 is 0 Å². The average Bonchev–Trinajstić information content (AvgIpc) is 2.93. The number of nitrogens with zero attached hydrogens (tertiary/aromatic N) is 6. The fraction of sp³-hybridized carbons (Fsp3) is 0.455. The molecule has 3 aromatic rings. The standard InChI is InChI=1S/C22H26N6O2S/c1-16(17-2-3-20-21(12-17)25-9-8-24-20)27-10-5-18-13-28(14-19-4-7-23-15-26-19)31(29,30)22(18)6-11-27/h2-4,7-9,12,15-16,18,22H,5-6,10-11,13-14H2,1H3. The Hall–Kier alpha value is -2.49. The molecule has 0 bridgehead atoms. The molecule has 0 aliphatic carbocycles. The average molecular weight is 439 g/mol. The van der Waals surface area contributed by atoms with Crippen molar-refractivity contribution in [1.29, 1.82) is 0 Å². The molecule has 0 saturated carbocycles. The van der Waals surface area contributed by atoms with Crippen LogP contribution in [-0.4, -0.2) is 62.4 Å². The summed E-state index contributed by atoms with van der Waals surface area (Å²) < 4.78 is 28.1. The van der Waals surface area contributed by atoms with Crippen LogP contribution in [-0.2, 0) is 16.6 Å². The molecule has 4 heterocycles. The molecule has 8 nitrogen and oxygen atoms in total. The van der Waals surface area contributed by atoms with Gasteiger partial charge in [-0.15, -0.1) is 0 Å². The Morgan fingerprint density at radius 3 is 2.65 bits per heavy atom. The zero-order valence-electron chi connectivity index (χ0n) is 17.5. The van der Waals surface area contributed by atoms with E-state index in [1.165, 1.54) is 11.9 Å². The summed E-state index contributed by atoms with van der Waals surface area (Å²) >= 11 is 0. The van der Waals surface area contributed by atoms with Crippen LogP contribution in [0.2, 0.25) is 0 Å². The van der Waals surface area contributed by atoms with Gasteiger partial charge in [0.15, 0.2) is 0 Å². The van der Waals surface area contributed by atoms with Crippen molar-refractivity contribution in [3.05, 3.63) is 60.4 Å². The van der Waals surface area contributed by atoms with Crippen LogP contribution in [0.4, 0.5) is 0 Å². The second-order valence-corrected chi connectivity index (χ2v) is 10.6. The van der Waals surface area contributed by atoms with Crippen LogP contribution in [0.15, 0.2) is 49.2 Å². The summed E-state index contributed by atoms with van der Waals surface area (Å²) in [6, 6.07) is 8.19. The van der Waals surface area contributed by atoms with E-state index in [0.29, 0.717) is 19.5 Å². The minimum atomic E-state index is -3.32. The fourth-order valence-corrected chi connectivity index (χ4v) is 7.11. The zero-order valence-corrected chi connectivity index (χ0v) is 18.3. The third-order valence-corrected chi connectivity index (χ3v) is 9.08. The number of benzene rings is 1. The predicted molar refractivity (Wildman–Crippen MR) is 117 cm³/mol. The summed E-state index contributed by atoms with van der Waals surface area (Å²) in [5.74, 6) is 0.159. The largest absolute Gasteiger partial charge is 0.297 e. The van der Waals surface area contributed by atoms with Crippen LogP contribution in [0, 0.1) is 5.92 Å². The summed E-state index contributed by atoms with van der Waals surface area (Å²) in [6.45, 7) is 4.74. The second kappa shape index (κ2) is 8.22. The van der Waals surface area contributed by atoms with Crippen molar-refractivity contribution in [3.63, 3.8) is 0 Å². The van der Waals surface area contributed by atoms with Gasteiger partial charge in [-0.25, -0.2) is 18.4 Å². The lowest BCUT2D eigenvalue weighted by atomic mass is 10.0. The molecule has 162 valence electrons. The van der Waals surface area contributed by atoms with E-state index in [-0.39, 0.29) is 17.2 Å². The van der Waals surface area contributed by atoms with Gasteiger partial charge < -0.3 is 0 Å². The van der Waals surface area contributed by atoms with Crippen molar-refractivity contribution < 1.29 is 8.42 Å². The molecule has 2 saturated heterocycles. The molecule has 9 heteroatoms. The summed E-state index contributed by atoms with van der Waals surface area (Å²) in [5, 5.41) is -0.311. The molecule has 2 fully saturated rings. The van der Waals surface area contributed by atoms with Crippen molar-refractivity contribution in [2.24, 2.45) is 5.92 Å². The van der Waals surface area contributed by atoms with Gasteiger partial charge in [0, 0.05) is 37.7 Å². The highest BCUT2D eigenvalue weighted by Crippen LogP contribution is 2.37. The molecule has 0 spiro atoms. The molecule has 2 aliphatic rings.